The molecule has 5 nitrogen and oxygen atoms in total. The van der Waals surface area contributed by atoms with Gasteiger partial charge in [-0.1, -0.05) is 38.1 Å². The molecule has 0 radical (unpaired) electrons. The summed E-state index contributed by atoms with van der Waals surface area (Å²) in [4.78, 5) is 23.6. The largest absolute Gasteiger partial charge is 0.453 e. The van der Waals surface area contributed by atoms with E-state index in [1.807, 2.05) is 0 Å². The number of hydrogen-bond acceptors (Lipinski definition) is 3. The maximum atomic E-state index is 14.0. The fourth-order valence-electron chi connectivity index (χ4n) is 3.07. The second kappa shape index (κ2) is 7.78. The molecule has 0 unspecified atom stereocenters. The molecule has 1 saturated carbocycles. The highest BCUT2D eigenvalue weighted by Crippen LogP contribution is 2.48. The highest BCUT2D eigenvalue weighted by Gasteiger charge is 2.43. The van der Waals surface area contributed by atoms with E-state index in [4.69, 9.17) is 0 Å². The van der Waals surface area contributed by atoms with E-state index < -0.39 is 11.9 Å². The Kier molecular flexibility index (Phi) is 5.44. The highest BCUT2D eigenvalue weighted by atomic mass is 19.1. The first-order valence-electron chi connectivity index (χ1n) is 8.94. The van der Waals surface area contributed by atoms with Gasteiger partial charge in [0, 0.05) is 11.6 Å². The molecule has 142 valence electrons. The van der Waals surface area contributed by atoms with Gasteiger partial charge in [0.25, 0.3) is 0 Å². The van der Waals surface area contributed by atoms with Crippen LogP contribution in [0.15, 0.2) is 42.5 Å². The minimum absolute atomic E-state index is 0.00519. The number of benzene rings is 2. The average molecular weight is 370 g/mol. The summed E-state index contributed by atoms with van der Waals surface area (Å²) in [7, 11) is 1.20. The molecule has 0 aliphatic heterocycles. The Morgan fingerprint density at radius 1 is 1.11 bits per heavy atom. The van der Waals surface area contributed by atoms with Crippen LogP contribution in [0.3, 0.4) is 0 Å². The van der Waals surface area contributed by atoms with Crippen LogP contribution in [-0.4, -0.2) is 19.1 Å². The lowest BCUT2D eigenvalue weighted by Crippen LogP contribution is -2.15. The van der Waals surface area contributed by atoms with E-state index in [-0.39, 0.29) is 23.4 Å². The Labute approximate surface area is 157 Å². The van der Waals surface area contributed by atoms with Crippen molar-refractivity contribution in [2.24, 2.45) is 5.92 Å². The van der Waals surface area contributed by atoms with Gasteiger partial charge in [-0.25, -0.2) is 9.18 Å². The molecule has 0 bridgehead atoms. The molecule has 3 rings (SSSR count). The normalized spacial score (nSPS) is 18.1. The Morgan fingerprint density at radius 3 is 2.41 bits per heavy atom. The second-order valence-corrected chi connectivity index (χ2v) is 7.07. The molecule has 27 heavy (non-hydrogen) atoms. The van der Waals surface area contributed by atoms with Crippen LogP contribution in [0.2, 0.25) is 0 Å². The van der Waals surface area contributed by atoms with Crippen molar-refractivity contribution >= 4 is 23.4 Å². The molecule has 0 heterocycles. The summed E-state index contributed by atoms with van der Waals surface area (Å²) in [5.41, 5.74) is 2.78. The molecule has 2 amide bonds. The van der Waals surface area contributed by atoms with Crippen molar-refractivity contribution in [2.75, 3.05) is 17.7 Å². The molecule has 2 atom stereocenters. The van der Waals surface area contributed by atoms with E-state index in [1.165, 1.54) is 24.8 Å². The van der Waals surface area contributed by atoms with Crippen LogP contribution < -0.4 is 10.6 Å². The Morgan fingerprint density at radius 2 is 1.81 bits per heavy atom. The fraction of sp³-hybridized carbons (Fsp3) is 0.333. The van der Waals surface area contributed by atoms with Gasteiger partial charge in [0.05, 0.1) is 12.8 Å². The van der Waals surface area contributed by atoms with Gasteiger partial charge in [-0.2, -0.15) is 0 Å². The predicted molar refractivity (Wildman–Crippen MR) is 102 cm³/mol. The first kappa shape index (κ1) is 18.9. The van der Waals surface area contributed by atoms with Crippen molar-refractivity contribution in [3.8, 4) is 0 Å². The topological polar surface area (TPSA) is 67.4 Å². The Bertz CT molecular complexity index is 849. The standard InChI is InChI=1S/C21H23FN2O3/c1-12(2)13-4-6-14(7-5-13)16-11-17(16)20(25)23-15-8-9-19(18(22)10-15)24-21(26)27-3/h4-10,12,16-17H,11H2,1-3H3,(H,23,25)(H,24,26)/t16-,17-/m0/s1. The molecule has 1 aliphatic rings. The van der Waals surface area contributed by atoms with Crippen molar-refractivity contribution in [2.45, 2.75) is 32.1 Å². The minimum Gasteiger partial charge on any atom is -0.453 e. The summed E-state index contributed by atoms with van der Waals surface area (Å²) < 4.78 is 18.5. The highest BCUT2D eigenvalue weighted by molar-refractivity contribution is 5.95. The number of anilines is 2. The van der Waals surface area contributed by atoms with Crippen LogP contribution in [0.1, 0.15) is 43.2 Å². The lowest BCUT2D eigenvalue weighted by Gasteiger charge is -2.09. The summed E-state index contributed by atoms with van der Waals surface area (Å²) in [6.45, 7) is 4.29. The first-order chi connectivity index (χ1) is 12.9. The zero-order valence-electron chi connectivity index (χ0n) is 15.6. The molecule has 1 fully saturated rings. The van der Waals surface area contributed by atoms with Gasteiger partial charge in [-0.05, 0) is 47.6 Å². The van der Waals surface area contributed by atoms with E-state index >= 15 is 0 Å². The van der Waals surface area contributed by atoms with Gasteiger partial charge in [-0.3, -0.25) is 10.1 Å². The van der Waals surface area contributed by atoms with E-state index in [0.717, 1.165) is 12.0 Å². The monoisotopic (exact) mass is 370 g/mol. The Hall–Kier alpha value is -2.89. The summed E-state index contributed by atoms with van der Waals surface area (Å²) in [6, 6.07) is 12.5. The van der Waals surface area contributed by atoms with Crippen molar-refractivity contribution < 1.29 is 18.7 Å². The number of carbonyl (C=O) groups excluding carboxylic acids is 2. The lowest BCUT2D eigenvalue weighted by molar-refractivity contribution is -0.117. The number of methoxy groups -OCH3 is 1. The van der Waals surface area contributed by atoms with Crippen molar-refractivity contribution in [1.29, 1.82) is 0 Å². The van der Waals surface area contributed by atoms with Crippen LogP contribution in [0.4, 0.5) is 20.6 Å². The summed E-state index contributed by atoms with van der Waals surface area (Å²) in [6.07, 6.45) is 0.0344. The molecule has 0 spiro atoms. The van der Waals surface area contributed by atoms with E-state index in [9.17, 15) is 14.0 Å². The molecule has 2 aromatic carbocycles. The third-order valence-electron chi connectivity index (χ3n) is 4.82. The van der Waals surface area contributed by atoms with Crippen molar-refractivity contribution in [3.05, 3.63) is 59.4 Å². The number of nitrogens with one attached hydrogen (secondary N) is 2. The smallest absolute Gasteiger partial charge is 0.411 e. The Balaban J connectivity index is 1.60. The zero-order valence-corrected chi connectivity index (χ0v) is 15.6. The third kappa shape index (κ3) is 4.45. The average Bonchev–Trinajstić information content (AvgIpc) is 3.45. The van der Waals surface area contributed by atoms with E-state index in [2.05, 4.69) is 53.5 Å². The van der Waals surface area contributed by atoms with Crippen LogP contribution in [0.25, 0.3) is 0 Å². The number of carbonyl (C=O) groups is 2. The maximum absolute atomic E-state index is 14.0. The van der Waals surface area contributed by atoms with Crippen LogP contribution >= 0.6 is 0 Å². The summed E-state index contributed by atoms with van der Waals surface area (Å²) in [5.74, 6) is -0.193. The molecular formula is C21H23FN2O3. The van der Waals surface area contributed by atoms with E-state index in [0.29, 0.717) is 11.6 Å². The second-order valence-electron chi connectivity index (χ2n) is 7.07. The number of amides is 2. The molecule has 1 aliphatic carbocycles. The predicted octanol–water partition coefficient (Wildman–Crippen LogP) is 4.87. The van der Waals surface area contributed by atoms with Crippen molar-refractivity contribution in [3.63, 3.8) is 0 Å². The van der Waals surface area contributed by atoms with Gasteiger partial charge in [0.1, 0.15) is 5.82 Å². The number of ether oxygens (including phenoxy) is 1. The molecule has 2 N–H and O–H groups in total. The zero-order chi connectivity index (χ0) is 19.6. The van der Waals surface area contributed by atoms with Crippen LogP contribution in [0, 0.1) is 11.7 Å². The van der Waals surface area contributed by atoms with Gasteiger partial charge in [0.15, 0.2) is 0 Å². The minimum atomic E-state index is -0.755. The number of halogens is 1. The molecule has 6 heteroatoms. The molecule has 2 aromatic rings. The maximum Gasteiger partial charge on any atom is 0.411 e. The van der Waals surface area contributed by atoms with Gasteiger partial charge in [0.2, 0.25) is 5.91 Å². The van der Waals surface area contributed by atoms with E-state index in [1.54, 1.807) is 6.07 Å². The molecule has 0 saturated heterocycles. The molecular weight excluding hydrogens is 347 g/mol. The van der Waals surface area contributed by atoms with Crippen molar-refractivity contribution in [1.82, 2.24) is 0 Å². The SMILES string of the molecule is COC(=O)Nc1ccc(NC(=O)[C@H]2C[C@H]2c2ccc(C(C)C)cc2)cc1F. The number of hydrogen-bond donors (Lipinski definition) is 2. The van der Waals surface area contributed by atoms with Gasteiger partial charge < -0.3 is 10.1 Å². The third-order valence-corrected chi connectivity index (χ3v) is 4.82. The van der Waals surface area contributed by atoms with Crippen LogP contribution in [-0.2, 0) is 9.53 Å². The summed E-state index contributed by atoms with van der Waals surface area (Å²) >= 11 is 0. The lowest BCUT2D eigenvalue weighted by atomic mass is 10.00. The quantitative estimate of drug-likeness (QED) is 0.789. The summed E-state index contributed by atoms with van der Waals surface area (Å²) in [5, 5.41) is 5.01. The fourth-order valence-corrected chi connectivity index (χ4v) is 3.07. The van der Waals surface area contributed by atoms with Gasteiger partial charge in [-0.15, -0.1) is 0 Å². The first-order valence-corrected chi connectivity index (χ1v) is 8.94. The van der Waals surface area contributed by atoms with Gasteiger partial charge >= 0.3 is 6.09 Å². The number of rotatable bonds is 5. The molecule has 0 aromatic heterocycles. The van der Waals surface area contributed by atoms with Crippen LogP contribution in [0.5, 0.6) is 0 Å².